The fourth-order valence-electron chi connectivity index (χ4n) is 2.50. The highest BCUT2D eigenvalue weighted by atomic mass is 15.3. The molecule has 0 aromatic carbocycles. The zero-order valence-electron chi connectivity index (χ0n) is 12.2. The number of rotatable bonds is 5. The van der Waals surface area contributed by atoms with Crippen molar-refractivity contribution in [3.05, 3.63) is 0 Å². The second-order valence-corrected chi connectivity index (χ2v) is 6.30. The largest absolute Gasteiger partial charge is 0.330 e. The van der Waals surface area contributed by atoms with E-state index in [0.29, 0.717) is 5.54 Å². The fraction of sp³-hybridized carbons (Fsp3) is 1.00. The molecule has 2 N–H and O–H groups in total. The average Bonchev–Trinajstić information content (AvgIpc) is 2.30. The van der Waals surface area contributed by atoms with Crippen molar-refractivity contribution in [2.24, 2.45) is 11.7 Å². The molecule has 1 atom stereocenters. The predicted molar refractivity (Wildman–Crippen MR) is 75.2 cm³/mol. The lowest BCUT2D eigenvalue weighted by Crippen LogP contribution is -2.53. The summed E-state index contributed by atoms with van der Waals surface area (Å²) in [5.41, 5.74) is 6.08. The van der Waals surface area contributed by atoms with Gasteiger partial charge in [-0.05, 0) is 46.2 Å². The third-order valence-electron chi connectivity index (χ3n) is 4.09. The van der Waals surface area contributed by atoms with Crippen LogP contribution < -0.4 is 5.73 Å². The van der Waals surface area contributed by atoms with Crippen molar-refractivity contribution in [1.82, 2.24) is 9.80 Å². The maximum atomic E-state index is 5.75. The molecule has 0 bridgehead atoms. The quantitative estimate of drug-likeness (QED) is 0.796. The molecular formula is C14H31N3. The summed E-state index contributed by atoms with van der Waals surface area (Å²) >= 11 is 0. The predicted octanol–water partition coefficient (Wildman–Crippen LogP) is 1.78. The minimum Gasteiger partial charge on any atom is -0.330 e. The maximum Gasteiger partial charge on any atom is 0.0126 e. The van der Waals surface area contributed by atoms with Crippen LogP contribution >= 0.6 is 0 Å². The van der Waals surface area contributed by atoms with Gasteiger partial charge in [-0.1, -0.05) is 13.3 Å². The van der Waals surface area contributed by atoms with Crippen LogP contribution in [0, 0.1) is 5.92 Å². The van der Waals surface area contributed by atoms with Crippen molar-refractivity contribution < 1.29 is 0 Å². The number of hydrogen-bond acceptors (Lipinski definition) is 3. The average molecular weight is 241 g/mol. The summed E-state index contributed by atoms with van der Waals surface area (Å²) in [5, 5.41) is 0. The van der Waals surface area contributed by atoms with E-state index in [-0.39, 0.29) is 0 Å². The molecule has 3 nitrogen and oxygen atoms in total. The molecule has 0 aromatic heterocycles. The van der Waals surface area contributed by atoms with E-state index in [1.54, 1.807) is 0 Å². The Morgan fingerprint density at radius 1 is 1.12 bits per heavy atom. The van der Waals surface area contributed by atoms with Crippen LogP contribution in [0.3, 0.4) is 0 Å². The third kappa shape index (κ3) is 4.94. The van der Waals surface area contributed by atoms with Gasteiger partial charge in [0.1, 0.15) is 0 Å². The Labute approximate surface area is 107 Å². The second kappa shape index (κ2) is 6.72. The topological polar surface area (TPSA) is 32.5 Å². The normalized spacial score (nSPS) is 21.7. The van der Waals surface area contributed by atoms with Crippen molar-refractivity contribution in [2.45, 2.75) is 46.1 Å². The van der Waals surface area contributed by atoms with Crippen LogP contribution in [-0.2, 0) is 0 Å². The summed E-state index contributed by atoms with van der Waals surface area (Å²) in [6.45, 7) is 16.1. The van der Waals surface area contributed by atoms with E-state index in [4.69, 9.17) is 5.73 Å². The molecule has 1 unspecified atom stereocenters. The van der Waals surface area contributed by atoms with E-state index in [1.807, 2.05) is 0 Å². The van der Waals surface area contributed by atoms with Crippen molar-refractivity contribution in [2.75, 3.05) is 39.3 Å². The number of piperazine rings is 1. The molecule has 1 rings (SSSR count). The highest BCUT2D eigenvalue weighted by Gasteiger charge is 2.25. The highest BCUT2D eigenvalue weighted by molar-refractivity contribution is 4.82. The van der Waals surface area contributed by atoms with Gasteiger partial charge in [0.2, 0.25) is 0 Å². The maximum absolute atomic E-state index is 5.75. The molecule has 1 fully saturated rings. The Bertz CT molecular complexity index is 198. The smallest absolute Gasteiger partial charge is 0.0126 e. The Morgan fingerprint density at radius 3 is 2.12 bits per heavy atom. The van der Waals surface area contributed by atoms with Crippen LogP contribution in [0.5, 0.6) is 0 Å². The molecular weight excluding hydrogens is 210 g/mol. The molecule has 0 aromatic rings. The van der Waals surface area contributed by atoms with Crippen LogP contribution in [0.15, 0.2) is 0 Å². The van der Waals surface area contributed by atoms with Gasteiger partial charge in [0.25, 0.3) is 0 Å². The van der Waals surface area contributed by atoms with Gasteiger partial charge in [-0.2, -0.15) is 0 Å². The minimum atomic E-state index is 0.329. The SMILES string of the molecule is CCC(CN)CCN1CCN(C(C)(C)C)CC1. The Morgan fingerprint density at radius 2 is 1.71 bits per heavy atom. The summed E-state index contributed by atoms with van der Waals surface area (Å²) in [6.07, 6.45) is 2.49. The van der Waals surface area contributed by atoms with Gasteiger partial charge >= 0.3 is 0 Å². The molecule has 0 saturated carbocycles. The van der Waals surface area contributed by atoms with Gasteiger partial charge in [-0.25, -0.2) is 0 Å². The molecule has 0 aliphatic carbocycles. The van der Waals surface area contributed by atoms with Crippen molar-refractivity contribution >= 4 is 0 Å². The number of hydrogen-bond donors (Lipinski definition) is 1. The molecule has 0 spiro atoms. The van der Waals surface area contributed by atoms with Crippen molar-refractivity contribution in [1.29, 1.82) is 0 Å². The zero-order valence-corrected chi connectivity index (χ0v) is 12.2. The van der Waals surface area contributed by atoms with Crippen LogP contribution in [0.2, 0.25) is 0 Å². The first-order valence-electron chi connectivity index (χ1n) is 7.14. The van der Waals surface area contributed by atoms with Crippen LogP contribution in [-0.4, -0.2) is 54.6 Å². The fourth-order valence-corrected chi connectivity index (χ4v) is 2.50. The molecule has 1 aliphatic heterocycles. The Kier molecular flexibility index (Phi) is 5.90. The zero-order chi connectivity index (χ0) is 12.9. The van der Waals surface area contributed by atoms with Gasteiger partial charge in [0.05, 0.1) is 0 Å². The molecule has 17 heavy (non-hydrogen) atoms. The first-order valence-corrected chi connectivity index (χ1v) is 7.14. The lowest BCUT2D eigenvalue weighted by atomic mass is 10.0. The van der Waals surface area contributed by atoms with E-state index in [1.165, 1.54) is 45.6 Å². The summed E-state index contributed by atoms with van der Waals surface area (Å²) < 4.78 is 0. The van der Waals surface area contributed by atoms with Gasteiger partial charge in [-0.15, -0.1) is 0 Å². The molecule has 0 radical (unpaired) electrons. The summed E-state index contributed by atoms with van der Waals surface area (Å²) in [4.78, 5) is 5.18. The first-order chi connectivity index (χ1) is 7.97. The van der Waals surface area contributed by atoms with Crippen LogP contribution in [0.4, 0.5) is 0 Å². The van der Waals surface area contributed by atoms with E-state index < -0.39 is 0 Å². The van der Waals surface area contributed by atoms with E-state index in [0.717, 1.165) is 12.5 Å². The molecule has 1 heterocycles. The lowest BCUT2D eigenvalue weighted by molar-refractivity contribution is 0.0599. The molecule has 0 amide bonds. The standard InChI is InChI=1S/C14H31N3/c1-5-13(12-15)6-7-16-8-10-17(11-9-16)14(2,3)4/h13H,5-12,15H2,1-4H3. The third-order valence-corrected chi connectivity index (χ3v) is 4.09. The minimum absolute atomic E-state index is 0.329. The molecule has 3 heteroatoms. The molecule has 1 aliphatic rings. The second-order valence-electron chi connectivity index (χ2n) is 6.30. The monoisotopic (exact) mass is 241 g/mol. The highest BCUT2D eigenvalue weighted by Crippen LogP contribution is 2.16. The molecule has 102 valence electrons. The number of nitrogens with zero attached hydrogens (tertiary/aromatic N) is 2. The van der Waals surface area contributed by atoms with E-state index in [2.05, 4.69) is 37.5 Å². The van der Waals surface area contributed by atoms with Gasteiger partial charge < -0.3 is 10.6 Å². The number of nitrogens with two attached hydrogens (primary N) is 1. The lowest BCUT2D eigenvalue weighted by Gasteiger charge is -2.42. The van der Waals surface area contributed by atoms with Gasteiger partial charge in [0, 0.05) is 31.7 Å². The summed E-state index contributed by atoms with van der Waals surface area (Å²) in [7, 11) is 0. The Hall–Kier alpha value is -0.120. The van der Waals surface area contributed by atoms with Crippen molar-refractivity contribution in [3.63, 3.8) is 0 Å². The van der Waals surface area contributed by atoms with Crippen molar-refractivity contribution in [3.8, 4) is 0 Å². The van der Waals surface area contributed by atoms with E-state index >= 15 is 0 Å². The first kappa shape index (κ1) is 14.9. The van der Waals surface area contributed by atoms with Gasteiger partial charge in [-0.3, -0.25) is 4.90 Å². The summed E-state index contributed by atoms with van der Waals surface area (Å²) in [5.74, 6) is 0.718. The van der Waals surface area contributed by atoms with Crippen LogP contribution in [0.25, 0.3) is 0 Å². The van der Waals surface area contributed by atoms with Gasteiger partial charge in [0.15, 0.2) is 0 Å². The molecule has 1 saturated heterocycles. The van der Waals surface area contributed by atoms with E-state index in [9.17, 15) is 0 Å². The van der Waals surface area contributed by atoms with Crippen LogP contribution in [0.1, 0.15) is 40.5 Å². The Balaban J connectivity index is 2.23. The summed E-state index contributed by atoms with van der Waals surface area (Å²) in [6, 6.07) is 0.